The van der Waals surface area contributed by atoms with Gasteiger partial charge in [0.15, 0.2) is 0 Å². The van der Waals surface area contributed by atoms with Crippen LogP contribution in [0.4, 0.5) is 0 Å². The Morgan fingerprint density at radius 3 is 3.05 bits per heavy atom. The quantitative estimate of drug-likeness (QED) is 0.915. The van der Waals surface area contributed by atoms with Gasteiger partial charge in [0.05, 0.1) is 5.25 Å². The van der Waals surface area contributed by atoms with Gasteiger partial charge in [-0.15, -0.1) is 0 Å². The fourth-order valence-corrected chi connectivity index (χ4v) is 4.44. The van der Waals surface area contributed by atoms with Crippen molar-refractivity contribution in [1.29, 1.82) is 0 Å². The molecule has 2 unspecified atom stereocenters. The molecule has 0 saturated carbocycles. The highest BCUT2D eigenvalue weighted by molar-refractivity contribution is 7.99. The summed E-state index contributed by atoms with van der Waals surface area (Å²) in [7, 11) is 0. The second-order valence-electron chi connectivity index (χ2n) is 5.88. The second kappa shape index (κ2) is 6.90. The molecule has 1 aromatic heterocycles. The monoisotopic (exact) mass is 291 g/mol. The summed E-state index contributed by atoms with van der Waals surface area (Å²) < 4.78 is 0. The van der Waals surface area contributed by atoms with Crippen LogP contribution in [-0.2, 0) is 6.42 Å². The van der Waals surface area contributed by atoms with Gasteiger partial charge in [-0.05, 0) is 50.8 Å². The molecular formula is C16H25N3S. The van der Waals surface area contributed by atoms with Gasteiger partial charge in [0.1, 0.15) is 5.82 Å². The first-order chi connectivity index (χ1) is 9.88. The van der Waals surface area contributed by atoms with Crippen LogP contribution in [0.3, 0.4) is 0 Å². The highest BCUT2D eigenvalue weighted by Crippen LogP contribution is 2.37. The fourth-order valence-electron chi connectivity index (χ4n) is 3.19. The molecule has 1 saturated heterocycles. The first kappa shape index (κ1) is 14.3. The van der Waals surface area contributed by atoms with E-state index in [9.17, 15) is 0 Å². The highest BCUT2D eigenvalue weighted by atomic mass is 32.2. The molecule has 0 bridgehead atoms. The lowest BCUT2D eigenvalue weighted by atomic mass is 9.92. The molecule has 0 amide bonds. The van der Waals surface area contributed by atoms with E-state index in [2.05, 4.69) is 18.4 Å². The van der Waals surface area contributed by atoms with Gasteiger partial charge in [0, 0.05) is 23.5 Å². The van der Waals surface area contributed by atoms with Gasteiger partial charge in [0.25, 0.3) is 0 Å². The normalized spacial score (nSPS) is 26.2. The van der Waals surface area contributed by atoms with Gasteiger partial charge in [-0.1, -0.05) is 13.3 Å². The average molecular weight is 291 g/mol. The first-order valence-electron chi connectivity index (χ1n) is 8.09. The van der Waals surface area contributed by atoms with Crippen LogP contribution in [0.1, 0.15) is 73.8 Å². The lowest BCUT2D eigenvalue weighted by molar-refractivity contribution is 0.451. The van der Waals surface area contributed by atoms with Gasteiger partial charge < -0.3 is 5.32 Å². The van der Waals surface area contributed by atoms with Crippen molar-refractivity contribution in [1.82, 2.24) is 15.3 Å². The highest BCUT2D eigenvalue weighted by Gasteiger charge is 2.24. The topological polar surface area (TPSA) is 37.8 Å². The van der Waals surface area contributed by atoms with E-state index in [0.717, 1.165) is 18.8 Å². The number of rotatable bonds is 4. The predicted molar refractivity (Wildman–Crippen MR) is 85.1 cm³/mol. The number of nitrogens with one attached hydrogen (secondary N) is 1. The molecule has 110 valence electrons. The molecule has 1 aliphatic heterocycles. The van der Waals surface area contributed by atoms with Crippen molar-refractivity contribution >= 4 is 11.8 Å². The SMILES string of the molecule is CCCNC1CCCc2nc(C3CCCCS3)ncc21. The summed E-state index contributed by atoms with van der Waals surface area (Å²) in [5, 5.41) is 4.18. The van der Waals surface area contributed by atoms with Crippen molar-refractivity contribution in [2.75, 3.05) is 12.3 Å². The Bertz CT molecular complexity index is 443. The minimum Gasteiger partial charge on any atom is -0.310 e. The maximum absolute atomic E-state index is 4.92. The molecule has 1 aromatic rings. The molecule has 1 N–H and O–H groups in total. The maximum atomic E-state index is 4.92. The third kappa shape index (κ3) is 3.17. The van der Waals surface area contributed by atoms with Gasteiger partial charge in [0.2, 0.25) is 0 Å². The van der Waals surface area contributed by atoms with Gasteiger partial charge in [-0.25, -0.2) is 9.97 Å². The number of aryl methyl sites for hydroxylation is 1. The van der Waals surface area contributed by atoms with Crippen LogP contribution in [-0.4, -0.2) is 22.3 Å². The molecule has 20 heavy (non-hydrogen) atoms. The minimum absolute atomic E-state index is 0.478. The fraction of sp³-hybridized carbons (Fsp3) is 0.750. The van der Waals surface area contributed by atoms with E-state index in [0.29, 0.717) is 11.3 Å². The Morgan fingerprint density at radius 2 is 2.25 bits per heavy atom. The second-order valence-corrected chi connectivity index (χ2v) is 7.20. The molecule has 1 fully saturated rings. The summed E-state index contributed by atoms with van der Waals surface area (Å²) in [5.41, 5.74) is 2.66. The Balaban J connectivity index is 1.77. The molecule has 4 heteroatoms. The summed E-state index contributed by atoms with van der Waals surface area (Å²) >= 11 is 2.04. The lowest BCUT2D eigenvalue weighted by Crippen LogP contribution is -2.27. The molecular weight excluding hydrogens is 266 g/mol. The molecule has 1 aliphatic carbocycles. The number of hydrogen-bond acceptors (Lipinski definition) is 4. The van der Waals surface area contributed by atoms with Crippen LogP contribution in [0, 0.1) is 0 Å². The van der Waals surface area contributed by atoms with E-state index in [1.807, 2.05) is 11.8 Å². The maximum Gasteiger partial charge on any atom is 0.141 e. The average Bonchev–Trinajstić information content (AvgIpc) is 2.53. The van der Waals surface area contributed by atoms with E-state index in [1.54, 1.807) is 0 Å². The van der Waals surface area contributed by atoms with Crippen molar-refractivity contribution in [2.24, 2.45) is 0 Å². The van der Waals surface area contributed by atoms with Gasteiger partial charge in [-0.2, -0.15) is 11.8 Å². The smallest absolute Gasteiger partial charge is 0.141 e. The standard InChI is InChI=1S/C16H25N3S/c1-2-9-17-13-6-5-7-14-12(13)11-18-16(19-14)15-8-3-4-10-20-15/h11,13,15,17H,2-10H2,1H3. The van der Waals surface area contributed by atoms with E-state index in [4.69, 9.17) is 9.97 Å². The summed E-state index contributed by atoms with van der Waals surface area (Å²) in [6.45, 7) is 3.31. The molecule has 0 aromatic carbocycles. The molecule has 2 aliphatic rings. The van der Waals surface area contributed by atoms with Crippen LogP contribution in [0.2, 0.25) is 0 Å². The summed E-state index contributed by atoms with van der Waals surface area (Å²) in [6, 6.07) is 0.478. The summed E-state index contributed by atoms with van der Waals surface area (Å²) in [4.78, 5) is 9.63. The molecule has 3 nitrogen and oxygen atoms in total. The number of hydrogen-bond donors (Lipinski definition) is 1. The van der Waals surface area contributed by atoms with E-state index in [1.165, 1.54) is 55.5 Å². The number of fused-ring (bicyclic) bond motifs is 1. The van der Waals surface area contributed by atoms with E-state index >= 15 is 0 Å². The van der Waals surface area contributed by atoms with Crippen LogP contribution in [0.5, 0.6) is 0 Å². The third-order valence-corrected chi connectivity index (χ3v) is 5.68. The van der Waals surface area contributed by atoms with E-state index < -0.39 is 0 Å². The number of thioether (sulfide) groups is 1. The zero-order valence-electron chi connectivity index (χ0n) is 12.4. The minimum atomic E-state index is 0.478. The molecule has 0 radical (unpaired) electrons. The third-order valence-electron chi connectivity index (χ3n) is 4.31. The lowest BCUT2D eigenvalue weighted by Gasteiger charge is -2.27. The Hall–Kier alpha value is -0.610. The summed E-state index contributed by atoms with van der Waals surface area (Å²) in [6.07, 6.45) is 10.8. The first-order valence-corrected chi connectivity index (χ1v) is 9.14. The van der Waals surface area contributed by atoms with Crippen LogP contribution in [0.25, 0.3) is 0 Å². The van der Waals surface area contributed by atoms with Crippen molar-refractivity contribution in [2.45, 2.75) is 63.2 Å². The van der Waals surface area contributed by atoms with Crippen LogP contribution in [0.15, 0.2) is 6.20 Å². The Kier molecular flexibility index (Phi) is 4.94. The molecule has 3 rings (SSSR count). The number of nitrogens with zero attached hydrogens (tertiary/aromatic N) is 2. The Labute approximate surface area is 126 Å². The van der Waals surface area contributed by atoms with Crippen LogP contribution < -0.4 is 5.32 Å². The van der Waals surface area contributed by atoms with Crippen molar-refractivity contribution in [3.8, 4) is 0 Å². The largest absolute Gasteiger partial charge is 0.310 e. The Morgan fingerprint density at radius 1 is 1.30 bits per heavy atom. The molecule has 2 atom stereocenters. The molecule has 0 spiro atoms. The van der Waals surface area contributed by atoms with Gasteiger partial charge in [-0.3, -0.25) is 0 Å². The van der Waals surface area contributed by atoms with Crippen molar-refractivity contribution in [3.63, 3.8) is 0 Å². The number of aromatic nitrogens is 2. The van der Waals surface area contributed by atoms with E-state index in [-0.39, 0.29) is 0 Å². The van der Waals surface area contributed by atoms with Crippen molar-refractivity contribution < 1.29 is 0 Å². The van der Waals surface area contributed by atoms with Crippen LogP contribution >= 0.6 is 11.8 Å². The van der Waals surface area contributed by atoms with Gasteiger partial charge >= 0.3 is 0 Å². The zero-order valence-corrected chi connectivity index (χ0v) is 13.2. The summed E-state index contributed by atoms with van der Waals surface area (Å²) in [5.74, 6) is 2.36. The molecule has 2 heterocycles. The zero-order chi connectivity index (χ0) is 13.8. The van der Waals surface area contributed by atoms with Crippen molar-refractivity contribution in [3.05, 3.63) is 23.3 Å². The predicted octanol–water partition coefficient (Wildman–Crippen LogP) is 3.81.